The van der Waals surface area contributed by atoms with Gasteiger partial charge in [-0.3, -0.25) is 4.52 Å². The summed E-state index contributed by atoms with van der Waals surface area (Å²) in [6, 6.07) is 9.15. The number of aliphatic hydroxyl groups is 1. The van der Waals surface area contributed by atoms with Crippen LogP contribution in [0.3, 0.4) is 0 Å². The number of nitrogens with one attached hydrogen (secondary N) is 1. The first-order chi connectivity index (χ1) is 7.50. The van der Waals surface area contributed by atoms with Crippen LogP contribution < -0.4 is 10.3 Å². The second kappa shape index (κ2) is 3.61. The molecule has 1 heterocycles. The standard InChI is InChI=1S/C11H12N2O3/c1-11(2,15)9-10(14)16-12-13(9)8-6-4-3-5-7-8/h3-7,15H,1-2H3/p+1. The predicted octanol–water partition coefficient (Wildman–Crippen LogP) is 0.472. The highest BCUT2D eigenvalue weighted by molar-refractivity contribution is 5.21. The SMILES string of the molecule is CC(C)(O)c1c(=O)o[nH][n+]1-c1ccccc1. The molecule has 16 heavy (non-hydrogen) atoms. The molecule has 5 heteroatoms. The number of hydrogen-bond donors (Lipinski definition) is 2. The van der Waals surface area contributed by atoms with Gasteiger partial charge in [0.25, 0.3) is 0 Å². The maximum absolute atomic E-state index is 11.5. The lowest BCUT2D eigenvalue weighted by molar-refractivity contribution is -0.683. The van der Waals surface area contributed by atoms with Crippen molar-refractivity contribution in [3.63, 3.8) is 0 Å². The third-order valence-corrected chi connectivity index (χ3v) is 2.24. The summed E-state index contributed by atoms with van der Waals surface area (Å²) in [7, 11) is 0. The normalized spacial score (nSPS) is 11.7. The highest BCUT2D eigenvalue weighted by Gasteiger charge is 2.36. The molecular formula is C11H13N2O3+. The molecule has 2 rings (SSSR count). The van der Waals surface area contributed by atoms with Gasteiger partial charge in [0, 0.05) is 12.1 Å². The van der Waals surface area contributed by atoms with Gasteiger partial charge in [0.15, 0.2) is 5.60 Å². The van der Waals surface area contributed by atoms with Gasteiger partial charge < -0.3 is 5.11 Å². The van der Waals surface area contributed by atoms with Gasteiger partial charge in [0.1, 0.15) is 0 Å². The molecule has 0 bridgehead atoms. The molecule has 0 saturated heterocycles. The van der Waals surface area contributed by atoms with Crippen molar-refractivity contribution < 1.29 is 14.3 Å². The van der Waals surface area contributed by atoms with Gasteiger partial charge in [0.05, 0.1) is 0 Å². The first-order valence-electron chi connectivity index (χ1n) is 4.92. The molecule has 0 amide bonds. The molecule has 0 aliphatic rings. The Labute approximate surface area is 91.9 Å². The lowest BCUT2D eigenvalue weighted by Gasteiger charge is -2.08. The van der Waals surface area contributed by atoms with E-state index in [0.717, 1.165) is 5.69 Å². The molecule has 0 saturated carbocycles. The summed E-state index contributed by atoms with van der Waals surface area (Å²) in [4.78, 5) is 11.5. The number of aromatic amines is 1. The average molecular weight is 221 g/mol. The van der Waals surface area contributed by atoms with Crippen LogP contribution in [0.15, 0.2) is 39.6 Å². The minimum atomic E-state index is -1.27. The molecule has 1 aromatic heterocycles. The van der Waals surface area contributed by atoms with E-state index in [1.54, 1.807) is 12.1 Å². The molecule has 0 aliphatic heterocycles. The molecule has 5 nitrogen and oxygen atoms in total. The quantitative estimate of drug-likeness (QED) is 0.724. The van der Waals surface area contributed by atoms with E-state index in [2.05, 4.69) is 5.27 Å². The molecule has 2 aromatic rings. The summed E-state index contributed by atoms with van der Waals surface area (Å²) in [5.74, 6) is 0. The molecule has 0 fully saturated rings. The van der Waals surface area contributed by atoms with Crippen molar-refractivity contribution in [1.29, 1.82) is 0 Å². The number of nitrogens with zero attached hydrogens (tertiary/aromatic N) is 1. The highest BCUT2D eigenvalue weighted by atomic mass is 16.5. The van der Waals surface area contributed by atoms with Crippen LogP contribution >= 0.6 is 0 Å². The molecule has 84 valence electrons. The fourth-order valence-electron chi connectivity index (χ4n) is 1.55. The van der Waals surface area contributed by atoms with Crippen LogP contribution in [0.4, 0.5) is 0 Å². The topological polar surface area (TPSA) is 70.1 Å². The summed E-state index contributed by atoms with van der Waals surface area (Å²) in [5, 5.41) is 12.4. The van der Waals surface area contributed by atoms with Crippen molar-refractivity contribution >= 4 is 0 Å². The molecule has 0 atom stereocenters. The van der Waals surface area contributed by atoms with Crippen LogP contribution in [0.5, 0.6) is 0 Å². The minimum Gasteiger partial charge on any atom is -0.379 e. The molecule has 0 aliphatic carbocycles. The third-order valence-electron chi connectivity index (χ3n) is 2.24. The van der Waals surface area contributed by atoms with Crippen molar-refractivity contribution in [3.8, 4) is 5.69 Å². The number of H-pyrrole nitrogens is 1. The van der Waals surface area contributed by atoms with Crippen LogP contribution in [-0.2, 0) is 5.60 Å². The second-order valence-electron chi connectivity index (χ2n) is 4.06. The average Bonchev–Trinajstić information content (AvgIpc) is 2.61. The van der Waals surface area contributed by atoms with E-state index in [4.69, 9.17) is 4.52 Å². The third kappa shape index (κ3) is 1.77. The Bertz CT molecular complexity index is 534. The monoisotopic (exact) mass is 221 g/mol. The van der Waals surface area contributed by atoms with E-state index in [1.165, 1.54) is 18.5 Å². The van der Waals surface area contributed by atoms with Gasteiger partial charge in [-0.05, 0) is 23.8 Å². The smallest absolute Gasteiger partial charge is 0.379 e. The fraction of sp³-hybridized carbons (Fsp3) is 0.273. The molecule has 2 N–H and O–H groups in total. The molecular weight excluding hydrogens is 208 g/mol. The van der Waals surface area contributed by atoms with Crippen molar-refractivity contribution in [3.05, 3.63) is 46.4 Å². The minimum absolute atomic E-state index is 0.165. The van der Waals surface area contributed by atoms with Gasteiger partial charge in [0.2, 0.25) is 5.69 Å². The first kappa shape index (κ1) is 10.6. The van der Waals surface area contributed by atoms with E-state index in [1.807, 2.05) is 18.2 Å². The summed E-state index contributed by atoms with van der Waals surface area (Å²) in [6.07, 6.45) is 0. The van der Waals surface area contributed by atoms with Gasteiger partial charge in [-0.2, -0.15) is 0 Å². The van der Waals surface area contributed by atoms with Gasteiger partial charge in [-0.1, -0.05) is 18.2 Å². The zero-order valence-corrected chi connectivity index (χ0v) is 9.10. The Hall–Kier alpha value is -1.88. The van der Waals surface area contributed by atoms with Gasteiger partial charge in [-0.15, -0.1) is 0 Å². The summed E-state index contributed by atoms with van der Waals surface area (Å²) < 4.78 is 6.13. The van der Waals surface area contributed by atoms with E-state index in [0.29, 0.717) is 0 Å². The first-order valence-corrected chi connectivity index (χ1v) is 4.92. The Balaban J connectivity index is 2.64. The Kier molecular flexibility index (Phi) is 2.40. The van der Waals surface area contributed by atoms with Crippen molar-refractivity contribution in [2.45, 2.75) is 19.4 Å². The molecule has 0 unspecified atom stereocenters. The zero-order valence-electron chi connectivity index (χ0n) is 9.10. The summed E-state index contributed by atoms with van der Waals surface area (Å²) >= 11 is 0. The van der Waals surface area contributed by atoms with Crippen molar-refractivity contribution in [2.24, 2.45) is 0 Å². The van der Waals surface area contributed by atoms with Crippen LogP contribution in [0, 0.1) is 0 Å². The van der Waals surface area contributed by atoms with Crippen molar-refractivity contribution in [2.75, 3.05) is 0 Å². The van der Waals surface area contributed by atoms with Crippen LogP contribution in [0.1, 0.15) is 19.5 Å². The second-order valence-corrected chi connectivity index (χ2v) is 4.06. The molecule has 0 radical (unpaired) electrons. The van der Waals surface area contributed by atoms with Gasteiger partial charge in [-0.25, -0.2) is 4.79 Å². The van der Waals surface area contributed by atoms with E-state index >= 15 is 0 Å². The molecule has 0 spiro atoms. The summed E-state index contributed by atoms with van der Waals surface area (Å²) in [5.41, 5.74) is -0.948. The lowest BCUT2D eigenvalue weighted by atomic mass is 10.1. The lowest BCUT2D eigenvalue weighted by Crippen LogP contribution is -2.45. The Morgan fingerprint density at radius 3 is 2.50 bits per heavy atom. The van der Waals surface area contributed by atoms with Crippen LogP contribution in [0.2, 0.25) is 0 Å². The highest BCUT2D eigenvalue weighted by Crippen LogP contribution is 2.12. The van der Waals surface area contributed by atoms with Crippen molar-refractivity contribution in [1.82, 2.24) is 5.27 Å². The van der Waals surface area contributed by atoms with Gasteiger partial charge >= 0.3 is 11.3 Å². The summed E-state index contributed by atoms with van der Waals surface area (Å²) in [6.45, 7) is 3.07. The number of benzene rings is 1. The zero-order chi connectivity index (χ0) is 11.8. The fourth-order valence-corrected chi connectivity index (χ4v) is 1.55. The Morgan fingerprint density at radius 1 is 1.31 bits per heavy atom. The number of aromatic nitrogens is 2. The largest absolute Gasteiger partial charge is 0.433 e. The molecule has 1 aromatic carbocycles. The van der Waals surface area contributed by atoms with E-state index in [9.17, 15) is 9.90 Å². The number of hydrogen-bond acceptors (Lipinski definition) is 3. The number of rotatable bonds is 2. The Morgan fingerprint density at radius 2 is 1.94 bits per heavy atom. The maximum Gasteiger partial charge on any atom is 0.433 e. The van der Waals surface area contributed by atoms with E-state index < -0.39 is 11.2 Å². The predicted molar refractivity (Wildman–Crippen MR) is 56.1 cm³/mol. The van der Waals surface area contributed by atoms with E-state index in [-0.39, 0.29) is 5.69 Å². The maximum atomic E-state index is 11.5. The van der Waals surface area contributed by atoms with Crippen LogP contribution in [-0.4, -0.2) is 10.4 Å². The van der Waals surface area contributed by atoms with Crippen LogP contribution in [0.25, 0.3) is 5.69 Å². The number of para-hydroxylation sites is 1.